The highest BCUT2D eigenvalue weighted by molar-refractivity contribution is 5.95. The van der Waals surface area contributed by atoms with Crippen LogP contribution in [-0.4, -0.2) is 25.5 Å². The first-order chi connectivity index (χ1) is 8.54. The van der Waals surface area contributed by atoms with Gasteiger partial charge in [-0.1, -0.05) is 18.2 Å². The molecule has 1 aliphatic rings. The molecule has 0 atom stereocenters. The van der Waals surface area contributed by atoms with Gasteiger partial charge in [0.2, 0.25) is 0 Å². The van der Waals surface area contributed by atoms with E-state index in [0.717, 1.165) is 6.08 Å². The topological polar surface area (TPSA) is 38.3 Å². The third-order valence-corrected chi connectivity index (χ3v) is 2.83. The van der Waals surface area contributed by atoms with Crippen LogP contribution in [0.4, 0.5) is 14.5 Å². The number of fused-ring (bicyclic) bond motifs is 1. The Balaban J connectivity index is 2.56. The molecule has 1 aromatic carbocycles. The van der Waals surface area contributed by atoms with Crippen LogP contribution in [0.2, 0.25) is 0 Å². The van der Waals surface area contributed by atoms with Crippen LogP contribution < -0.4 is 5.32 Å². The van der Waals surface area contributed by atoms with Gasteiger partial charge in [-0.3, -0.25) is 0 Å². The monoisotopic (exact) mass is 253 g/mol. The minimum atomic E-state index is -3.05. The number of alkyl halides is 2. The Labute approximate surface area is 103 Å². The van der Waals surface area contributed by atoms with Crippen molar-refractivity contribution in [3.63, 3.8) is 0 Å². The van der Waals surface area contributed by atoms with E-state index in [1.165, 1.54) is 7.11 Å². The zero-order chi connectivity index (χ0) is 13.2. The lowest BCUT2D eigenvalue weighted by Gasteiger charge is -2.17. The van der Waals surface area contributed by atoms with Crippen molar-refractivity contribution in [2.24, 2.45) is 0 Å². The molecule has 2 rings (SSSR count). The molecule has 1 aromatic rings. The Morgan fingerprint density at radius 1 is 1.44 bits per heavy atom. The van der Waals surface area contributed by atoms with E-state index < -0.39 is 11.9 Å². The lowest BCUT2D eigenvalue weighted by molar-refractivity contribution is -0.134. The summed E-state index contributed by atoms with van der Waals surface area (Å²) in [4.78, 5) is 11.2. The number of methoxy groups -OCH3 is 1. The number of benzene rings is 1. The maximum Gasteiger partial charge on any atom is 0.330 e. The fraction of sp³-hybridized carbons (Fsp3) is 0.308. The van der Waals surface area contributed by atoms with Gasteiger partial charge in [-0.25, -0.2) is 13.6 Å². The van der Waals surface area contributed by atoms with E-state index in [2.05, 4.69) is 10.1 Å². The molecule has 18 heavy (non-hydrogen) atoms. The minimum Gasteiger partial charge on any atom is -0.466 e. The molecule has 5 heteroatoms. The van der Waals surface area contributed by atoms with Crippen LogP contribution in [0.1, 0.15) is 12.0 Å². The Bertz CT molecular complexity index is 498. The van der Waals surface area contributed by atoms with Gasteiger partial charge in [0, 0.05) is 35.9 Å². The van der Waals surface area contributed by atoms with Crippen molar-refractivity contribution in [2.75, 3.05) is 19.0 Å². The molecule has 0 fully saturated rings. The van der Waals surface area contributed by atoms with Crippen molar-refractivity contribution in [1.29, 1.82) is 0 Å². The number of halogens is 2. The zero-order valence-corrected chi connectivity index (χ0v) is 9.87. The number of ether oxygens (including phenoxy) is 1. The minimum absolute atomic E-state index is 0.155. The van der Waals surface area contributed by atoms with Gasteiger partial charge in [0.25, 0.3) is 5.92 Å². The Morgan fingerprint density at radius 3 is 2.89 bits per heavy atom. The molecule has 0 radical (unpaired) electrons. The van der Waals surface area contributed by atoms with Gasteiger partial charge in [0.05, 0.1) is 7.11 Å². The van der Waals surface area contributed by atoms with Gasteiger partial charge in [0.15, 0.2) is 0 Å². The molecule has 0 aromatic heterocycles. The maximum absolute atomic E-state index is 14.0. The average molecular weight is 253 g/mol. The van der Waals surface area contributed by atoms with Crippen LogP contribution >= 0.6 is 0 Å². The summed E-state index contributed by atoms with van der Waals surface area (Å²) in [7, 11) is 1.17. The molecule has 1 N–H and O–H groups in total. The molecule has 0 saturated carbocycles. The van der Waals surface area contributed by atoms with E-state index in [4.69, 9.17) is 0 Å². The number of hydrogen-bond acceptors (Lipinski definition) is 3. The summed E-state index contributed by atoms with van der Waals surface area (Å²) in [5.74, 6) is -3.82. The van der Waals surface area contributed by atoms with E-state index >= 15 is 0 Å². The Kier molecular flexibility index (Phi) is 3.32. The molecule has 0 unspecified atom stereocenters. The van der Waals surface area contributed by atoms with Crippen LogP contribution in [0.15, 0.2) is 30.3 Å². The van der Waals surface area contributed by atoms with Gasteiger partial charge < -0.3 is 10.1 Å². The summed E-state index contributed by atoms with van der Waals surface area (Å²) >= 11 is 0. The van der Waals surface area contributed by atoms with E-state index in [0.29, 0.717) is 11.3 Å². The first-order valence-electron chi connectivity index (χ1n) is 5.56. The molecule has 0 aliphatic carbocycles. The number of allylic oxidation sites excluding steroid dienone is 1. The molecule has 0 amide bonds. The lowest BCUT2D eigenvalue weighted by Crippen LogP contribution is -2.20. The number of para-hydroxylation sites is 1. The summed E-state index contributed by atoms with van der Waals surface area (Å²) in [6.45, 7) is 0.155. The van der Waals surface area contributed by atoms with Crippen LogP contribution in [0.3, 0.4) is 0 Å². The number of carbonyl (C=O) groups is 1. The number of carbonyl (C=O) groups excluding carboxylic acids is 1. The van der Waals surface area contributed by atoms with E-state index in [9.17, 15) is 13.6 Å². The van der Waals surface area contributed by atoms with Crippen molar-refractivity contribution in [2.45, 2.75) is 12.3 Å². The van der Waals surface area contributed by atoms with Gasteiger partial charge in [-0.05, 0) is 6.07 Å². The number of esters is 1. The first kappa shape index (κ1) is 12.5. The van der Waals surface area contributed by atoms with Gasteiger partial charge in [0.1, 0.15) is 0 Å². The second kappa shape index (κ2) is 4.76. The summed E-state index contributed by atoms with van der Waals surface area (Å²) in [5.41, 5.74) is 0.644. The van der Waals surface area contributed by atoms with Gasteiger partial charge in [-0.15, -0.1) is 0 Å². The quantitative estimate of drug-likeness (QED) is 0.617. The normalized spacial score (nSPS) is 19.6. The molecular weight excluding hydrogens is 240 g/mol. The van der Waals surface area contributed by atoms with Crippen molar-refractivity contribution in [3.8, 4) is 0 Å². The fourth-order valence-corrected chi connectivity index (χ4v) is 1.92. The van der Waals surface area contributed by atoms with Crippen LogP contribution in [-0.2, 0) is 9.53 Å². The zero-order valence-electron chi connectivity index (χ0n) is 9.87. The molecule has 0 bridgehead atoms. The Hall–Kier alpha value is -1.91. The number of nitrogens with one attached hydrogen (secondary N) is 1. The molecule has 1 aliphatic heterocycles. The predicted molar refractivity (Wildman–Crippen MR) is 64.5 cm³/mol. The van der Waals surface area contributed by atoms with Crippen LogP contribution in [0.5, 0.6) is 0 Å². The third kappa shape index (κ3) is 2.34. The second-order valence-electron chi connectivity index (χ2n) is 4.01. The highest BCUT2D eigenvalue weighted by Crippen LogP contribution is 2.40. The largest absolute Gasteiger partial charge is 0.466 e. The first-order valence-corrected chi connectivity index (χ1v) is 5.56. The summed E-state index contributed by atoms with van der Waals surface area (Å²) < 4.78 is 32.4. The molecule has 1 heterocycles. The van der Waals surface area contributed by atoms with E-state index in [1.807, 2.05) is 0 Å². The predicted octanol–water partition coefficient (Wildman–Crippen LogP) is 2.69. The number of rotatable bonds is 1. The van der Waals surface area contributed by atoms with Gasteiger partial charge >= 0.3 is 5.97 Å². The van der Waals surface area contributed by atoms with E-state index in [1.54, 1.807) is 24.3 Å². The SMILES string of the molecule is COC(=O)/C=C1\c2ccccc2NCCC1(F)F. The van der Waals surface area contributed by atoms with Crippen LogP contribution in [0, 0.1) is 0 Å². The number of hydrogen-bond donors (Lipinski definition) is 1. The maximum atomic E-state index is 14.0. The highest BCUT2D eigenvalue weighted by Gasteiger charge is 2.38. The smallest absolute Gasteiger partial charge is 0.330 e. The molecule has 0 saturated heterocycles. The summed E-state index contributed by atoms with van der Waals surface area (Å²) in [6.07, 6.45) is 0.510. The highest BCUT2D eigenvalue weighted by atomic mass is 19.3. The van der Waals surface area contributed by atoms with Crippen LogP contribution in [0.25, 0.3) is 5.57 Å². The van der Waals surface area contributed by atoms with Crippen molar-refractivity contribution >= 4 is 17.2 Å². The second-order valence-corrected chi connectivity index (χ2v) is 4.01. The van der Waals surface area contributed by atoms with E-state index in [-0.39, 0.29) is 18.5 Å². The summed E-state index contributed by atoms with van der Waals surface area (Å²) in [5, 5.41) is 2.93. The lowest BCUT2D eigenvalue weighted by atomic mass is 9.97. The van der Waals surface area contributed by atoms with Crippen molar-refractivity contribution < 1.29 is 18.3 Å². The molecule has 0 spiro atoms. The van der Waals surface area contributed by atoms with Crippen molar-refractivity contribution in [3.05, 3.63) is 35.9 Å². The molecular formula is C13H13F2NO2. The Morgan fingerprint density at radius 2 is 2.17 bits per heavy atom. The van der Waals surface area contributed by atoms with Gasteiger partial charge in [-0.2, -0.15) is 0 Å². The standard InChI is InChI=1S/C13H13F2NO2/c1-18-12(17)8-10-9-4-2-3-5-11(9)16-7-6-13(10,14)15/h2-5,8,16H,6-7H2,1H3/b10-8+. The molecule has 96 valence electrons. The van der Waals surface area contributed by atoms with Crippen molar-refractivity contribution in [1.82, 2.24) is 0 Å². The number of anilines is 1. The molecule has 3 nitrogen and oxygen atoms in total. The average Bonchev–Trinajstić information content (AvgIpc) is 2.47. The third-order valence-electron chi connectivity index (χ3n) is 2.83. The summed E-state index contributed by atoms with van der Waals surface area (Å²) in [6, 6.07) is 6.69. The fourth-order valence-electron chi connectivity index (χ4n) is 1.92.